The Bertz CT molecular complexity index is 645. The molecular formula is C15H18N2O5. The van der Waals surface area contributed by atoms with Gasteiger partial charge >= 0.3 is 5.97 Å². The molecule has 7 nitrogen and oxygen atoms in total. The number of furan rings is 1. The van der Waals surface area contributed by atoms with Crippen molar-refractivity contribution in [3.05, 3.63) is 29.9 Å². The standard InChI is InChI=1S/C15H18N2O5/c1-10-11(16-15(22-10)12-5-4-8-21-12)9-13(18)17(2)7-3-6-14(19)20/h4-5,8H,3,6-7,9H2,1-2H3,(H,19,20). The van der Waals surface area contributed by atoms with E-state index in [1.807, 2.05) is 0 Å². The Hall–Kier alpha value is -2.57. The summed E-state index contributed by atoms with van der Waals surface area (Å²) in [5.74, 6) is 0.429. The first-order valence-corrected chi connectivity index (χ1v) is 6.93. The molecule has 118 valence electrons. The van der Waals surface area contributed by atoms with Gasteiger partial charge in [-0.1, -0.05) is 0 Å². The Balaban J connectivity index is 1.95. The van der Waals surface area contributed by atoms with Gasteiger partial charge in [-0.2, -0.15) is 0 Å². The van der Waals surface area contributed by atoms with Crippen molar-refractivity contribution in [3.63, 3.8) is 0 Å². The van der Waals surface area contributed by atoms with E-state index in [-0.39, 0.29) is 18.7 Å². The number of aromatic nitrogens is 1. The molecule has 0 saturated carbocycles. The van der Waals surface area contributed by atoms with E-state index in [1.165, 1.54) is 11.2 Å². The number of amides is 1. The quantitative estimate of drug-likeness (QED) is 0.841. The monoisotopic (exact) mass is 306 g/mol. The highest BCUT2D eigenvalue weighted by molar-refractivity contribution is 5.78. The maximum atomic E-state index is 12.1. The van der Waals surface area contributed by atoms with Crippen LogP contribution >= 0.6 is 0 Å². The van der Waals surface area contributed by atoms with E-state index in [1.54, 1.807) is 26.1 Å². The lowest BCUT2D eigenvalue weighted by molar-refractivity contribution is -0.138. The third-order valence-electron chi connectivity index (χ3n) is 3.25. The van der Waals surface area contributed by atoms with Crippen LogP contribution < -0.4 is 0 Å². The van der Waals surface area contributed by atoms with Crippen LogP contribution in [0.15, 0.2) is 27.2 Å². The van der Waals surface area contributed by atoms with Crippen molar-refractivity contribution >= 4 is 11.9 Å². The molecule has 1 N–H and O–H groups in total. The fourth-order valence-corrected chi connectivity index (χ4v) is 1.97. The maximum absolute atomic E-state index is 12.1. The predicted octanol–water partition coefficient (Wildman–Crippen LogP) is 2.11. The Morgan fingerprint density at radius 2 is 2.18 bits per heavy atom. The van der Waals surface area contributed by atoms with Gasteiger partial charge in [0, 0.05) is 20.0 Å². The smallest absolute Gasteiger partial charge is 0.303 e. The van der Waals surface area contributed by atoms with Crippen LogP contribution in [0.5, 0.6) is 0 Å². The second-order valence-electron chi connectivity index (χ2n) is 4.99. The number of hydrogen-bond donors (Lipinski definition) is 1. The van der Waals surface area contributed by atoms with Crippen molar-refractivity contribution in [2.45, 2.75) is 26.2 Å². The number of hydrogen-bond acceptors (Lipinski definition) is 5. The number of carbonyl (C=O) groups excluding carboxylic acids is 1. The highest BCUT2D eigenvalue weighted by atomic mass is 16.4. The average molecular weight is 306 g/mol. The second kappa shape index (κ2) is 6.93. The molecule has 0 atom stereocenters. The molecule has 0 spiro atoms. The van der Waals surface area contributed by atoms with Gasteiger partial charge in [-0.3, -0.25) is 9.59 Å². The van der Waals surface area contributed by atoms with E-state index in [0.29, 0.717) is 36.1 Å². The molecule has 1 amide bonds. The molecular weight excluding hydrogens is 288 g/mol. The summed E-state index contributed by atoms with van der Waals surface area (Å²) in [7, 11) is 1.65. The number of likely N-dealkylation sites (N-methyl/N-ethyl adjacent to an activating group) is 1. The molecule has 0 aromatic carbocycles. The number of carboxylic acids is 1. The number of carboxylic acid groups (broad SMARTS) is 1. The molecule has 0 aliphatic carbocycles. The van der Waals surface area contributed by atoms with Crippen LogP contribution in [0.3, 0.4) is 0 Å². The molecule has 0 radical (unpaired) electrons. The molecule has 2 aromatic rings. The molecule has 0 aliphatic rings. The van der Waals surface area contributed by atoms with Gasteiger partial charge in [0.05, 0.1) is 18.4 Å². The normalized spacial score (nSPS) is 10.6. The first-order chi connectivity index (χ1) is 10.5. The van der Waals surface area contributed by atoms with Crippen LogP contribution in [0.25, 0.3) is 11.7 Å². The van der Waals surface area contributed by atoms with Gasteiger partial charge in [-0.05, 0) is 25.5 Å². The number of carbonyl (C=O) groups is 2. The lowest BCUT2D eigenvalue weighted by atomic mass is 10.2. The van der Waals surface area contributed by atoms with E-state index < -0.39 is 5.97 Å². The zero-order valence-corrected chi connectivity index (χ0v) is 12.5. The molecule has 0 saturated heterocycles. The van der Waals surface area contributed by atoms with E-state index in [0.717, 1.165) is 0 Å². The molecule has 0 bridgehead atoms. The van der Waals surface area contributed by atoms with Crippen molar-refractivity contribution in [3.8, 4) is 11.7 Å². The maximum Gasteiger partial charge on any atom is 0.303 e. The number of rotatable bonds is 7. The fourth-order valence-electron chi connectivity index (χ4n) is 1.97. The van der Waals surface area contributed by atoms with Gasteiger partial charge in [0.15, 0.2) is 5.76 Å². The highest BCUT2D eigenvalue weighted by Gasteiger charge is 2.18. The van der Waals surface area contributed by atoms with Gasteiger partial charge in [0.1, 0.15) is 5.76 Å². The zero-order chi connectivity index (χ0) is 16.1. The summed E-state index contributed by atoms with van der Waals surface area (Å²) in [6.07, 6.45) is 2.10. The third-order valence-corrected chi connectivity index (χ3v) is 3.25. The van der Waals surface area contributed by atoms with Gasteiger partial charge in [-0.15, -0.1) is 0 Å². The van der Waals surface area contributed by atoms with Crippen LogP contribution in [-0.2, 0) is 16.0 Å². The van der Waals surface area contributed by atoms with Crippen molar-refractivity contribution in [2.75, 3.05) is 13.6 Å². The predicted molar refractivity (Wildman–Crippen MR) is 77.2 cm³/mol. The summed E-state index contributed by atoms with van der Waals surface area (Å²) in [6, 6.07) is 3.46. The average Bonchev–Trinajstić information content (AvgIpc) is 3.08. The number of nitrogens with zero attached hydrogens (tertiary/aromatic N) is 2. The highest BCUT2D eigenvalue weighted by Crippen LogP contribution is 2.22. The lowest BCUT2D eigenvalue weighted by Crippen LogP contribution is -2.29. The largest absolute Gasteiger partial charge is 0.481 e. The molecule has 2 rings (SSSR count). The molecule has 7 heteroatoms. The van der Waals surface area contributed by atoms with Gasteiger partial charge in [0.25, 0.3) is 5.89 Å². The summed E-state index contributed by atoms with van der Waals surface area (Å²) in [5.41, 5.74) is 0.557. The molecule has 0 fully saturated rings. The third kappa shape index (κ3) is 3.97. The van der Waals surface area contributed by atoms with Crippen LogP contribution in [0.1, 0.15) is 24.3 Å². The van der Waals surface area contributed by atoms with E-state index in [9.17, 15) is 9.59 Å². The minimum absolute atomic E-state index is 0.0449. The van der Waals surface area contributed by atoms with Gasteiger partial charge < -0.3 is 18.8 Å². The van der Waals surface area contributed by atoms with Crippen molar-refractivity contribution in [1.29, 1.82) is 0 Å². The van der Waals surface area contributed by atoms with Gasteiger partial charge in [-0.25, -0.2) is 4.98 Å². The Labute approximate surface area is 127 Å². The summed E-state index contributed by atoms with van der Waals surface area (Å²) in [5, 5.41) is 8.60. The summed E-state index contributed by atoms with van der Waals surface area (Å²) >= 11 is 0. The first kappa shape index (κ1) is 15.8. The number of oxazole rings is 1. The van der Waals surface area contributed by atoms with E-state index in [4.69, 9.17) is 13.9 Å². The summed E-state index contributed by atoms with van der Waals surface area (Å²) in [4.78, 5) is 28.4. The van der Waals surface area contributed by atoms with Crippen molar-refractivity contribution in [2.24, 2.45) is 0 Å². The van der Waals surface area contributed by atoms with Gasteiger partial charge in [0.2, 0.25) is 5.91 Å². The van der Waals surface area contributed by atoms with Crippen LogP contribution in [0.4, 0.5) is 0 Å². The Morgan fingerprint density at radius 3 is 2.82 bits per heavy atom. The van der Waals surface area contributed by atoms with Crippen molar-refractivity contribution < 1.29 is 23.5 Å². The molecule has 22 heavy (non-hydrogen) atoms. The number of aliphatic carboxylic acids is 1. The molecule has 0 aliphatic heterocycles. The molecule has 0 unspecified atom stereocenters. The fraction of sp³-hybridized carbons (Fsp3) is 0.400. The Morgan fingerprint density at radius 1 is 1.41 bits per heavy atom. The summed E-state index contributed by atoms with van der Waals surface area (Å²) < 4.78 is 10.7. The first-order valence-electron chi connectivity index (χ1n) is 6.93. The summed E-state index contributed by atoms with van der Waals surface area (Å²) in [6.45, 7) is 2.14. The number of aryl methyl sites for hydroxylation is 1. The molecule has 2 heterocycles. The van der Waals surface area contributed by atoms with Crippen LogP contribution in [-0.4, -0.2) is 40.5 Å². The topological polar surface area (TPSA) is 96.8 Å². The Kier molecular flexibility index (Phi) is 4.98. The van der Waals surface area contributed by atoms with E-state index >= 15 is 0 Å². The molecule has 2 aromatic heterocycles. The second-order valence-corrected chi connectivity index (χ2v) is 4.99. The van der Waals surface area contributed by atoms with Crippen LogP contribution in [0.2, 0.25) is 0 Å². The minimum Gasteiger partial charge on any atom is -0.481 e. The lowest BCUT2D eigenvalue weighted by Gasteiger charge is -2.15. The van der Waals surface area contributed by atoms with E-state index in [2.05, 4.69) is 4.98 Å². The minimum atomic E-state index is -0.865. The van der Waals surface area contributed by atoms with Crippen LogP contribution in [0, 0.1) is 6.92 Å². The zero-order valence-electron chi connectivity index (χ0n) is 12.5. The van der Waals surface area contributed by atoms with Crippen molar-refractivity contribution in [1.82, 2.24) is 9.88 Å². The SMILES string of the molecule is Cc1oc(-c2ccco2)nc1CC(=O)N(C)CCCC(=O)O.